The number of nitrogens with zero attached hydrogens (tertiary/aromatic N) is 2. The van der Waals surface area contributed by atoms with Gasteiger partial charge in [-0.1, -0.05) is 12.1 Å². The van der Waals surface area contributed by atoms with Gasteiger partial charge in [0.15, 0.2) is 0 Å². The Balaban J connectivity index is 1.89. The summed E-state index contributed by atoms with van der Waals surface area (Å²) >= 11 is 0. The summed E-state index contributed by atoms with van der Waals surface area (Å²) in [7, 11) is 3.87. The number of Topliss-reactive ketones (excluding diaryl/α,β-unsaturated/α-hetero) is 1. The van der Waals surface area contributed by atoms with Crippen molar-refractivity contribution in [3.8, 4) is 17.2 Å². The fourth-order valence-electron chi connectivity index (χ4n) is 4.70. The van der Waals surface area contributed by atoms with Gasteiger partial charge in [-0.2, -0.15) is 0 Å². The molecular formula is C32H36N2O6. The molecular weight excluding hydrogens is 508 g/mol. The van der Waals surface area contributed by atoms with Crippen molar-refractivity contribution in [1.29, 1.82) is 0 Å². The van der Waals surface area contributed by atoms with E-state index in [4.69, 9.17) is 14.2 Å². The van der Waals surface area contributed by atoms with Gasteiger partial charge in [0.25, 0.3) is 11.7 Å². The summed E-state index contributed by atoms with van der Waals surface area (Å²) in [4.78, 5) is 30.6. The van der Waals surface area contributed by atoms with Crippen LogP contribution in [-0.2, 0) is 9.59 Å². The average Bonchev–Trinajstić information content (AvgIpc) is 3.19. The van der Waals surface area contributed by atoms with Gasteiger partial charge in [0.1, 0.15) is 23.0 Å². The second-order valence-electron chi connectivity index (χ2n) is 9.84. The van der Waals surface area contributed by atoms with Crippen LogP contribution in [0, 0.1) is 0 Å². The van der Waals surface area contributed by atoms with E-state index in [1.54, 1.807) is 42.5 Å². The highest BCUT2D eigenvalue weighted by atomic mass is 16.5. The molecule has 8 nitrogen and oxygen atoms in total. The van der Waals surface area contributed by atoms with Crippen LogP contribution in [-0.4, -0.2) is 50.2 Å². The number of anilines is 2. The topological polar surface area (TPSA) is 88.5 Å². The Morgan fingerprint density at radius 3 is 2.10 bits per heavy atom. The molecule has 0 aromatic heterocycles. The fraction of sp³-hybridized carbons (Fsp3) is 0.312. The van der Waals surface area contributed by atoms with Crippen molar-refractivity contribution in [3.63, 3.8) is 0 Å². The van der Waals surface area contributed by atoms with Crippen LogP contribution in [0.3, 0.4) is 0 Å². The fourth-order valence-corrected chi connectivity index (χ4v) is 4.70. The van der Waals surface area contributed by atoms with E-state index < -0.39 is 17.7 Å². The lowest BCUT2D eigenvalue weighted by molar-refractivity contribution is -0.132. The van der Waals surface area contributed by atoms with E-state index in [1.165, 1.54) is 4.90 Å². The molecule has 1 aliphatic heterocycles. The second kappa shape index (κ2) is 12.2. The highest BCUT2D eigenvalue weighted by Gasteiger charge is 2.47. The molecule has 1 atom stereocenters. The second-order valence-corrected chi connectivity index (χ2v) is 9.84. The summed E-state index contributed by atoms with van der Waals surface area (Å²) in [6.07, 6.45) is -0.0102. The van der Waals surface area contributed by atoms with Crippen molar-refractivity contribution in [2.75, 3.05) is 37.1 Å². The van der Waals surface area contributed by atoms with Crippen LogP contribution in [0.4, 0.5) is 11.4 Å². The van der Waals surface area contributed by atoms with Crippen molar-refractivity contribution >= 4 is 28.8 Å². The van der Waals surface area contributed by atoms with E-state index in [1.807, 2.05) is 71.0 Å². The first kappa shape index (κ1) is 28.5. The van der Waals surface area contributed by atoms with Gasteiger partial charge >= 0.3 is 0 Å². The quantitative estimate of drug-likeness (QED) is 0.191. The largest absolute Gasteiger partial charge is 0.507 e. The Labute approximate surface area is 235 Å². The van der Waals surface area contributed by atoms with E-state index in [-0.39, 0.29) is 17.4 Å². The maximum atomic E-state index is 13.6. The molecule has 0 saturated carbocycles. The Morgan fingerprint density at radius 1 is 0.900 bits per heavy atom. The molecule has 1 fully saturated rings. The first-order valence-electron chi connectivity index (χ1n) is 13.4. The standard InChI is InChI=1S/C32H36N2O6/c1-7-38-25-17-18-26(27(19-25)39-8-2)30(35)28-29(21-9-11-22(12-10-21)33(5)6)34(32(37)31(28)36)23-13-15-24(16-14-23)40-20(3)4/h9-20,29,35H,7-8H2,1-6H3/b30-28-. The molecule has 1 saturated heterocycles. The minimum Gasteiger partial charge on any atom is -0.507 e. The monoisotopic (exact) mass is 544 g/mol. The van der Waals surface area contributed by atoms with Crippen LogP contribution >= 0.6 is 0 Å². The lowest BCUT2D eigenvalue weighted by Crippen LogP contribution is -2.29. The summed E-state index contributed by atoms with van der Waals surface area (Å²) in [5, 5.41) is 11.7. The SMILES string of the molecule is CCOc1ccc(/C(O)=C2/C(=O)C(=O)N(c3ccc(OC(C)C)cc3)C2c2ccc(N(C)C)cc2)c(OCC)c1. The molecule has 1 aliphatic rings. The number of ketones is 1. The number of rotatable bonds is 10. The van der Waals surface area contributed by atoms with Crippen LogP contribution in [0.15, 0.2) is 72.3 Å². The molecule has 1 unspecified atom stereocenters. The molecule has 0 bridgehead atoms. The lowest BCUT2D eigenvalue weighted by Gasteiger charge is -2.26. The first-order chi connectivity index (χ1) is 19.2. The zero-order chi connectivity index (χ0) is 29.0. The molecule has 0 aliphatic carbocycles. The van der Waals surface area contributed by atoms with Crippen molar-refractivity contribution < 1.29 is 28.9 Å². The van der Waals surface area contributed by atoms with Crippen molar-refractivity contribution in [2.45, 2.75) is 39.8 Å². The predicted octanol–water partition coefficient (Wildman–Crippen LogP) is 5.96. The van der Waals surface area contributed by atoms with Crippen LogP contribution in [0.2, 0.25) is 0 Å². The summed E-state index contributed by atoms with van der Waals surface area (Å²) in [6.45, 7) is 8.37. The number of hydrogen-bond donors (Lipinski definition) is 1. The molecule has 3 aromatic rings. The maximum Gasteiger partial charge on any atom is 0.300 e. The van der Waals surface area contributed by atoms with E-state index >= 15 is 0 Å². The van der Waals surface area contributed by atoms with Gasteiger partial charge in [0, 0.05) is 31.5 Å². The molecule has 40 heavy (non-hydrogen) atoms. The van der Waals surface area contributed by atoms with Gasteiger partial charge in [-0.25, -0.2) is 0 Å². The van der Waals surface area contributed by atoms with Gasteiger partial charge in [-0.05, 0) is 81.8 Å². The first-order valence-corrected chi connectivity index (χ1v) is 13.4. The molecule has 3 aromatic carbocycles. The van der Waals surface area contributed by atoms with Crippen molar-refractivity contribution in [1.82, 2.24) is 0 Å². The van der Waals surface area contributed by atoms with Crippen LogP contribution in [0.25, 0.3) is 5.76 Å². The molecule has 1 heterocycles. The Morgan fingerprint density at radius 2 is 1.52 bits per heavy atom. The number of amides is 1. The highest BCUT2D eigenvalue weighted by Crippen LogP contribution is 2.44. The summed E-state index contributed by atoms with van der Waals surface area (Å²) in [6, 6.07) is 18.7. The smallest absolute Gasteiger partial charge is 0.300 e. The van der Waals surface area contributed by atoms with Crippen LogP contribution < -0.4 is 24.0 Å². The third kappa shape index (κ3) is 5.76. The number of hydrogen-bond acceptors (Lipinski definition) is 7. The molecule has 4 rings (SSSR count). The summed E-state index contributed by atoms with van der Waals surface area (Å²) < 4.78 is 17.2. The Hall–Kier alpha value is -4.46. The van der Waals surface area contributed by atoms with Gasteiger partial charge in [0.2, 0.25) is 0 Å². The van der Waals surface area contributed by atoms with Gasteiger partial charge in [-0.3, -0.25) is 14.5 Å². The molecule has 8 heteroatoms. The normalized spacial score (nSPS) is 16.4. The van der Waals surface area contributed by atoms with Crippen LogP contribution in [0.5, 0.6) is 17.2 Å². The third-order valence-corrected chi connectivity index (χ3v) is 6.48. The number of benzene rings is 3. The summed E-state index contributed by atoms with van der Waals surface area (Å²) in [5.41, 5.74) is 2.43. The average molecular weight is 545 g/mol. The van der Waals surface area contributed by atoms with Gasteiger partial charge < -0.3 is 24.2 Å². The number of aliphatic hydroxyl groups excluding tert-OH is 1. The molecule has 0 spiro atoms. The summed E-state index contributed by atoms with van der Waals surface area (Å²) in [5.74, 6) is -0.244. The zero-order valence-corrected chi connectivity index (χ0v) is 23.8. The van der Waals surface area contributed by atoms with Gasteiger partial charge in [0.05, 0.1) is 36.5 Å². The van der Waals surface area contributed by atoms with Crippen molar-refractivity contribution in [3.05, 3.63) is 83.4 Å². The number of carbonyl (C=O) groups excluding carboxylic acids is 2. The molecule has 210 valence electrons. The molecule has 1 amide bonds. The predicted molar refractivity (Wildman–Crippen MR) is 157 cm³/mol. The maximum absolute atomic E-state index is 13.6. The van der Waals surface area contributed by atoms with E-state index in [9.17, 15) is 14.7 Å². The molecule has 0 radical (unpaired) electrons. The molecule has 1 N–H and O–H groups in total. The van der Waals surface area contributed by atoms with E-state index in [0.29, 0.717) is 47.3 Å². The minimum absolute atomic E-state index is 0.0102. The Bertz CT molecular complexity index is 1390. The minimum atomic E-state index is -0.867. The highest BCUT2D eigenvalue weighted by molar-refractivity contribution is 6.51. The third-order valence-electron chi connectivity index (χ3n) is 6.48. The van der Waals surface area contributed by atoms with Gasteiger partial charge in [-0.15, -0.1) is 0 Å². The number of carbonyl (C=O) groups is 2. The van der Waals surface area contributed by atoms with E-state index in [0.717, 1.165) is 5.69 Å². The number of aliphatic hydroxyl groups is 1. The van der Waals surface area contributed by atoms with E-state index in [2.05, 4.69) is 0 Å². The zero-order valence-electron chi connectivity index (χ0n) is 23.8. The van der Waals surface area contributed by atoms with Crippen molar-refractivity contribution in [2.24, 2.45) is 0 Å². The Kier molecular flexibility index (Phi) is 8.67. The lowest BCUT2D eigenvalue weighted by atomic mass is 9.94. The van der Waals surface area contributed by atoms with Crippen LogP contribution in [0.1, 0.15) is 44.9 Å². The number of ether oxygens (including phenoxy) is 3.